The number of hydrogen-bond acceptors (Lipinski definition) is 1. The third-order valence-electron chi connectivity index (χ3n) is 4.21. The van der Waals surface area contributed by atoms with Crippen molar-refractivity contribution in [1.29, 1.82) is 0 Å². The van der Waals surface area contributed by atoms with Crippen LogP contribution in [-0.4, -0.2) is 31.0 Å². The molecule has 5 heteroatoms. The van der Waals surface area contributed by atoms with E-state index in [1.807, 2.05) is 24.1 Å². The van der Waals surface area contributed by atoms with Gasteiger partial charge < -0.3 is 10.2 Å². The molecule has 2 unspecified atom stereocenters. The van der Waals surface area contributed by atoms with Crippen molar-refractivity contribution < 1.29 is 4.39 Å². The maximum Gasteiger partial charge on any atom is 0.193 e. The first kappa shape index (κ1) is 18.7. The molecule has 3 nitrogen and oxygen atoms in total. The van der Waals surface area contributed by atoms with Gasteiger partial charge in [0.05, 0.1) is 0 Å². The van der Waals surface area contributed by atoms with Gasteiger partial charge in [0, 0.05) is 32.6 Å². The Morgan fingerprint density at radius 1 is 1.21 bits per heavy atom. The van der Waals surface area contributed by atoms with E-state index in [1.54, 1.807) is 19.2 Å². The summed E-state index contributed by atoms with van der Waals surface area (Å²) in [7, 11) is 3.75. The van der Waals surface area contributed by atoms with Crippen molar-refractivity contribution in [2.45, 2.75) is 24.9 Å². The lowest BCUT2D eigenvalue weighted by Gasteiger charge is -2.22. The fourth-order valence-corrected chi connectivity index (χ4v) is 2.92. The molecule has 1 fully saturated rings. The van der Waals surface area contributed by atoms with Crippen LogP contribution in [0.5, 0.6) is 0 Å². The molecule has 1 aliphatic carbocycles. The summed E-state index contributed by atoms with van der Waals surface area (Å²) in [5, 5.41) is 3.51. The molecule has 0 bridgehead atoms. The van der Waals surface area contributed by atoms with Gasteiger partial charge in [-0.15, -0.1) is 24.0 Å². The molecule has 0 aliphatic heterocycles. The second kappa shape index (κ2) is 8.46. The van der Waals surface area contributed by atoms with Gasteiger partial charge >= 0.3 is 0 Å². The SMILES string of the molecule is CN=C(NC1CC1c1ccccc1)N(C)Cc1cccc(F)c1.I. The fourth-order valence-electron chi connectivity index (χ4n) is 2.92. The summed E-state index contributed by atoms with van der Waals surface area (Å²) in [5.74, 6) is 1.19. The third-order valence-corrected chi connectivity index (χ3v) is 4.21. The maximum absolute atomic E-state index is 13.3. The van der Waals surface area contributed by atoms with E-state index in [-0.39, 0.29) is 29.8 Å². The predicted molar refractivity (Wildman–Crippen MR) is 107 cm³/mol. The Kier molecular flexibility index (Phi) is 6.60. The van der Waals surface area contributed by atoms with E-state index >= 15 is 0 Å². The van der Waals surface area contributed by atoms with Gasteiger partial charge in [-0.05, 0) is 29.7 Å². The van der Waals surface area contributed by atoms with Crippen molar-refractivity contribution in [2.24, 2.45) is 4.99 Å². The van der Waals surface area contributed by atoms with Crippen LogP contribution in [0.4, 0.5) is 4.39 Å². The second-order valence-electron chi connectivity index (χ2n) is 6.04. The summed E-state index contributed by atoms with van der Waals surface area (Å²) in [4.78, 5) is 6.38. The number of halogens is 2. The van der Waals surface area contributed by atoms with E-state index in [2.05, 4.69) is 34.6 Å². The Hall–Kier alpha value is -1.63. The number of guanidine groups is 1. The highest BCUT2D eigenvalue weighted by Gasteiger charge is 2.39. The van der Waals surface area contributed by atoms with Gasteiger partial charge in [0.15, 0.2) is 5.96 Å². The molecule has 1 N–H and O–H groups in total. The average Bonchev–Trinajstić information content (AvgIpc) is 3.32. The molecule has 2 aromatic carbocycles. The van der Waals surface area contributed by atoms with Gasteiger partial charge in [-0.1, -0.05) is 42.5 Å². The smallest absolute Gasteiger partial charge is 0.193 e. The second-order valence-corrected chi connectivity index (χ2v) is 6.04. The van der Waals surface area contributed by atoms with Crippen molar-refractivity contribution in [1.82, 2.24) is 10.2 Å². The van der Waals surface area contributed by atoms with Crippen LogP contribution in [-0.2, 0) is 6.54 Å². The minimum Gasteiger partial charge on any atom is -0.353 e. The molecule has 2 aromatic rings. The maximum atomic E-state index is 13.3. The fraction of sp³-hybridized carbons (Fsp3) is 0.316. The van der Waals surface area contributed by atoms with E-state index in [9.17, 15) is 4.39 Å². The zero-order valence-corrected chi connectivity index (χ0v) is 16.3. The predicted octanol–water partition coefficient (Wildman–Crippen LogP) is 4.01. The van der Waals surface area contributed by atoms with E-state index in [0.29, 0.717) is 18.5 Å². The van der Waals surface area contributed by atoms with E-state index < -0.39 is 0 Å². The van der Waals surface area contributed by atoms with E-state index in [4.69, 9.17) is 0 Å². The van der Waals surface area contributed by atoms with Crippen LogP contribution in [0, 0.1) is 5.82 Å². The summed E-state index contributed by atoms with van der Waals surface area (Å²) in [6.07, 6.45) is 1.12. The van der Waals surface area contributed by atoms with Crippen molar-refractivity contribution >= 4 is 29.9 Å². The summed E-state index contributed by atoms with van der Waals surface area (Å²) in [6, 6.07) is 17.7. The Morgan fingerprint density at radius 2 is 1.96 bits per heavy atom. The lowest BCUT2D eigenvalue weighted by Crippen LogP contribution is -2.40. The zero-order valence-electron chi connectivity index (χ0n) is 13.9. The van der Waals surface area contributed by atoms with Gasteiger partial charge in [-0.25, -0.2) is 4.39 Å². The van der Waals surface area contributed by atoms with Gasteiger partial charge in [0.2, 0.25) is 0 Å². The first-order chi connectivity index (χ1) is 11.2. The van der Waals surface area contributed by atoms with Crippen LogP contribution < -0.4 is 5.32 Å². The van der Waals surface area contributed by atoms with Gasteiger partial charge in [-0.2, -0.15) is 0 Å². The Labute approximate surface area is 160 Å². The summed E-state index contributed by atoms with van der Waals surface area (Å²) >= 11 is 0. The molecule has 2 atom stereocenters. The molecule has 1 aliphatic rings. The monoisotopic (exact) mass is 439 g/mol. The summed E-state index contributed by atoms with van der Waals surface area (Å²) in [6.45, 7) is 0.625. The topological polar surface area (TPSA) is 27.6 Å². The van der Waals surface area contributed by atoms with Crippen LogP contribution in [0.25, 0.3) is 0 Å². The Balaban J connectivity index is 0.00000208. The minimum absolute atomic E-state index is 0. The van der Waals surface area contributed by atoms with Crippen molar-refractivity contribution in [3.8, 4) is 0 Å². The highest BCUT2D eigenvalue weighted by Crippen LogP contribution is 2.40. The molecule has 0 aromatic heterocycles. The van der Waals surface area contributed by atoms with E-state index in [0.717, 1.165) is 17.9 Å². The van der Waals surface area contributed by atoms with E-state index in [1.165, 1.54) is 11.6 Å². The molecular weight excluding hydrogens is 416 g/mol. The third kappa shape index (κ3) is 4.69. The quantitative estimate of drug-likeness (QED) is 0.443. The number of hydrogen-bond donors (Lipinski definition) is 1. The van der Waals surface area contributed by atoms with Crippen LogP contribution in [0.2, 0.25) is 0 Å². The number of nitrogens with zero attached hydrogens (tertiary/aromatic N) is 2. The van der Waals surface area contributed by atoms with Crippen molar-refractivity contribution in [3.05, 3.63) is 71.5 Å². The summed E-state index contributed by atoms with van der Waals surface area (Å²) in [5.41, 5.74) is 2.30. The van der Waals surface area contributed by atoms with Crippen molar-refractivity contribution in [2.75, 3.05) is 14.1 Å². The van der Waals surface area contributed by atoms with Gasteiger partial charge in [-0.3, -0.25) is 4.99 Å². The molecule has 0 amide bonds. The largest absolute Gasteiger partial charge is 0.353 e. The summed E-state index contributed by atoms with van der Waals surface area (Å²) < 4.78 is 13.3. The standard InChI is InChI=1S/C19H22FN3.HI/c1-21-19(23(2)13-14-7-6-10-16(20)11-14)22-18-12-17(18)15-8-4-3-5-9-15;/h3-11,17-18H,12-13H2,1-2H3,(H,21,22);1H. The number of aliphatic imine (C=N–C) groups is 1. The molecule has 0 spiro atoms. The minimum atomic E-state index is -0.204. The highest BCUT2D eigenvalue weighted by molar-refractivity contribution is 14.0. The normalized spacial score (nSPS) is 19.4. The Bertz CT molecular complexity index is 690. The first-order valence-corrected chi connectivity index (χ1v) is 7.91. The number of rotatable bonds is 4. The lowest BCUT2D eigenvalue weighted by atomic mass is 10.1. The average molecular weight is 439 g/mol. The first-order valence-electron chi connectivity index (χ1n) is 7.91. The molecule has 3 rings (SSSR count). The molecular formula is C19H23FIN3. The van der Waals surface area contributed by atoms with Gasteiger partial charge in [0.25, 0.3) is 0 Å². The van der Waals surface area contributed by atoms with Gasteiger partial charge in [0.1, 0.15) is 5.82 Å². The molecule has 128 valence electrons. The van der Waals surface area contributed by atoms with Crippen LogP contribution in [0.1, 0.15) is 23.5 Å². The van der Waals surface area contributed by atoms with Crippen LogP contribution >= 0.6 is 24.0 Å². The molecule has 24 heavy (non-hydrogen) atoms. The highest BCUT2D eigenvalue weighted by atomic mass is 127. The zero-order chi connectivity index (χ0) is 16.2. The lowest BCUT2D eigenvalue weighted by molar-refractivity contribution is 0.473. The molecule has 0 radical (unpaired) electrons. The van der Waals surface area contributed by atoms with Crippen LogP contribution in [0.3, 0.4) is 0 Å². The molecule has 0 heterocycles. The van der Waals surface area contributed by atoms with Crippen LogP contribution in [0.15, 0.2) is 59.6 Å². The number of benzene rings is 2. The number of nitrogens with one attached hydrogen (secondary N) is 1. The Morgan fingerprint density at radius 3 is 2.62 bits per heavy atom. The molecule has 1 saturated carbocycles. The molecule has 0 saturated heterocycles. The van der Waals surface area contributed by atoms with Crippen molar-refractivity contribution in [3.63, 3.8) is 0 Å².